The van der Waals surface area contributed by atoms with Gasteiger partial charge in [0, 0.05) is 19.7 Å². The summed E-state index contributed by atoms with van der Waals surface area (Å²) in [6.45, 7) is 6.76. The van der Waals surface area contributed by atoms with Crippen molar-refractivity contribution in [1.29, 1.82) is 0 Å². The number of likely N-dealkylation sites (tertiary alicyclic amines) is 1. The third kappa shape index (κ3) is 4.80. The molecule has 1 aromatic carbocycles. The fraction of sp³-hybridized carbons (Fsp3) is 0.667. The number of piperidine rings is 1. The van der Waals surface area contributed by atoms with E-state index >= 15 is 0 Å². The minimum Gasteiger partial charge on any atom is -0.377 e. The van der Waals surface area contributed by atoms with Crippen molar-refractivity contribution in [3.8, 4) is 0 Å². The second-order valence-electron chi connectivity index (χ2n) is 6.50. The van der Waals surface area contributed by atoms with Gasteiger partial charge in [-0.3, -0.25) is 4.90 Å². The van der Waals surface area contributed by atoms with Crippen LogP contribution in [-0.2, 0) is 11.3 Å². The van der Waals surface area contributed by atoms with Crippen molar-refractivity contribution in [2.24, 2.45) is 5.92 Å². The van der Waals surface area contributed by atoms with Gasteiger partial charge in [-0.2, -0.15) is 0 Å². The van der Waals surface area contributed by atoms with Crippen LogP contribution in [0.5, 0.6) is 0 Å². The van der Waals surface area contributed by atoms with Gasteiger partial charge in [-0.25, -0.2) is 0 Å². The predicted molar refractivity (Wildman–Crippen MR) is 86.3 cm³/mol. The standard InChI is InChI=1S/C18H28N2O/c1-2-5-17(6-3-1)15-20-10-8-16(9-11-20)13-19-14-18-7-4-12-21-18/h1-3,5-6,16,18-19H,4,7-15H2. The van der Waals surface area contributed by atoms with Gasteiger partial charge in [-0.05, 0) is 56.8 Å². The number of hydrogen-bond donors (Lipinski definition) is 1. The van der Waals surface area contributed by atoms with Crippen molar-refractivity contribution in [2.75, 3.05) is 32.8 Å². The molecule has 2 aliphatic heterocycles. The number of hydrogen-bond acceptors (Lipinski definition) is 3. The van der Waals surface area contributed by atoms with E-state index in [9.17, 15) is 0 Å². The van der Waals surface area contributed by atoms with E-state index in [2.05, 4.69) is 40.5 Å². The summed E-state index contributed by atoms with van der Waals surface area (Å²) in [5.41, 5.74) is 1.44. The Kier molecular flexibility index (Phi) is 5.67. The molecular weight excluding hydrogens is 260 g/mol. The van der Waals surface area contributed by atoms with Gasteiger partial charge >= 0.3 is 0 Å². The minimum absolute atomic E-state index is 0.475. The first-order chi connectivity index (χ1) is 10.4. The zero-order chi connectivity index (χ0) is 14.3. The maximum Gasteiger partial charge on any atom is 0.0700 e. The molecule has 0 aromatic heterocycles. The lowest BCUT2D eigenvalue weighted by Gasteiger charge is -2.32. The molecule has 2 saturated heterocycles. The Labute approximate surface area is 128 Å². The summed E-state index contributed by atoms with van der Waals surface area (Å²) in [5, 5.41) is 3.62. The second-order valence-corrected chi connectivity index (χ2v) is 6.50. The van der Waals surface area contributed by atoms with E-state index in [1.807, 2.05) is 0 Å². The summed E-state index contributed by atoms with van der Waals surface area (Å²) in [6.07, 6.45) is 5.60. The van der Waals surface area contributed by atoms with Crippen LogP contribution in [0.3, 0.4) is 0 Å². The zero-order valence-corrected chi connectivity index (χ0v) is 13.0. The maximum atomic E-state index is 5.66. The van der Waals surface area contributed by atoms with Crippen molar-refractivity contribution >= 4 is 0 Å². The number of benzene rings is 1. The smallest absolute Gasteiger partial charge is 0.0700 e. The third-order valence-electron chi connectivity index (χ3n) is 4.79. The molecule has 2 heterocycles. The van der Waals surface area contributed by atoms with Crippen LogP contribution in [0, 0.1) is 5.92 Å². The van der Waals surface area contributed by atoms with Gasteiger partial charge in [0.25, 0.3) is 0 Å². The first-order valence-electron chi connectivity index (χ1n) is 8.49. The van der Waals surface area contributed by atoms with Crippen LogP contribution < -0.4 is 5.32 Å². The average Bonchev–Trinajstić information content (AvgIpc) is 3.03. The molecule has 21 heavy (non-hydrogen) atoms. The molecule has 2 fully saturated rings. The Bertz CT molecular complexity index is 395. The number of ether oxygens (including phenoxy) is 1. The van der Waals surface area contributed by atoms with Gasteiger partial charge in [-0.15, -0.1) is 0 Å². The predicted octanol–water partition coefficient (Wildman–Crippen LogP) is 2.67. The van der Waals surface area contributed by atoms with Crippen molar-refractivity contribution in [3.63, 3.8) is 0 Å². The van der Waals surface area contributed by atoms with E-state index in [4.69, 9.17) is 4.74 Å². The lowest BCUT2D eigenvalue weighted by atomic mass is 9.96. The molecule has 0 aliphatic carbocycles. The van der Waals surface area contributed by atoms with Crippen molar-refractivity contribution in [1.82, 2.24) is 10.2 Å². The van der Waals surface area contributed by atoms with E-state index < -0.39 is 0 Å². The summed E-state index contributed by atoms with van der Waals surface area (Å²) >= 11 is 0. The van der Waals surface area contributed by atoms with Gasteiger partial charge in [0.15, 0.2) is 0 Å². The Balaban J connectivity index is 1.31. The first kappa shape index (κ1) is 15.0. The third-order valence-corrected chi connectivity index (χ3v) is 4.79. The van der Waals surface area contributed by atoms with E-state index in [0.717, 1.165) is 25.6 Å². The summed E-state index contributed by atoms with van der Waals surface area (Å²) < 4.78 is 5.66. The van der Waals surface area contributed by atoms with Gasteiger partial charge in [0.1, 0.15) is 0 Å². The molecule has 3 rings (SSSR count). The van der Waals surface area contributed by atoms with Crippen LogP contribution in [0.25, 0.3) is 0 Å². The normalized spacial score (nSPS) is 24.5. The number of nitrogens with one attached hydrogen (secondary N) is 1. The van der Waals surface area contributed by atoms with Gasteiger partial charge in [-0.1, -0.05) is 30.3 Å². The quantitative estimate of drug-likeness (QED) is 0.871. The zero-order valence-electron chi connectivity index (χ0n) is 13.0. The molecule has 0 amide bonds. The van der Waals surface area contributed by atoms with Gasteiger partial charge in [0.05, 0.1) is 6.10 Å². The Morgan fingerprint density at radius 1 is 1.05 bits per heavy atom. The van der Waals surface area contributed by atoms with Crippen LogP contribution in [-0.4, -0.2) is 43.8 Å². The molecule has 2 aliphatic rings. The van der Waals surface area contributed by atoms with E-state index in [1.54, 1.807) is 0 Å². The van der Waals surface area contributed by atoms with E-state index in [-0.39, 0.29) is 0 Å². The van der Waals surface area contributed by atoms with Gasteiger partial charge in [0.2, 0.25) is 0 Å². The monoisotopic (exact) mass is 288 g/mol. The number of nitrogens with zero attached hydrogens (tertiary/aromatic N) is 1. The molecule has 1 unspecified atom stereocenters. The highest BCUT2D eigenvalue weighted by atomic mass is 16.5. The molecular formula is C18H28N2O. The van der Waals surface area contributed by atoms with Crippen molar-refractivity contribution < 1.29 is 4.74 Å². The molecule has 0 radical (unpaired) electrons. The summed E-state index contributed by atoms with van der Waals surface area (Å²) in [5.74, 6) is 0.846. The van der Waals surface area contributed by atoms with Crippen LogP contribution >= 0.6 is 0 Å². The van der Waals surface area contributed by atoms with Crippen molar-refractivity contribution in [2.45, 2.75) is 38.3 Å². The minimum atomic E-state index is 0.475. The lowest BCUT2D eigenvalue weighted by molar-refractivity contribution is 0.107. The summed E-state index contributed by atoms with van der Waals surface area (Å²) in [4.78, 5) is 2.59. The fourth-order valence-corrected chi connectivity index (χ4v) is 3.44. The number of rotatable bonds is 6. The Hall–Kier alpha value is -0.900. The fourth-order valence-electron chi connectivity index (χ4n) is 3.44. The summed E-state index contributed by atoms with van der Waals surface area (Å²) in [6, 6.07) is 10.8. The topological polar surface area (TPSA) is 24.5 Å². The molecule has 1 N–H and O–H groups in total. The first-order valence-corrected chi connectivity index (χ1v) is 8.49. The molecule has 3 nitrogen and oxygen atoms in total. The van der Waals surface area contributed by atoms with Crippen LogP contribution in [0.4, 0.5) is 0 Å². The molecule has 0 spiro atoms. The molecule has 3 heteroatoms. The SMILES string of the molecule is c1ccc(CN2CCC(CNCC3CCCO3)CC2)cc1. The van der Waals surface area contributed by atoms with Crippen LogP contribution in [0.15, 0.2) is 30.3 Å². The van der Waals surface area contributed by atoms with Crippen LogP contribution in [0.2, 0.25) is 0 Å². The van der Waals surface area contributed by atoms with E-state index in [1.165, 1.54) is 50.9 Å². The Morgan fingerprint density at radius 3 is 2.57 bits per heavy atom. The van der Waals surface area contributed by atoms with E-state index in [0.29, 0.717) is 6.10 Å². The summed E-state index contributed by atoms with van der Waals surface area (Å²) in [7, 11) is 0. The highest BCUT2D eigenvalue weighted by Crippen LogP contribution is 2.18. The molecule has 0 saturated carbocycles. The van der Waals surface area contributed by atoms with Crippen molar-refractivity contribution in [3.05, 3.63) is 35.9 Å². The average molecular weight is 288 g/mol. The highest BCUT2D eigenvalue weighted by Gasteiger charge is 2.20. The maximum absolute atomic E-state index is 5.66. The molecule has 1 atom stereocenters. The molecule has 0 bridgehead atoms. The highest BCUT2D eigenvalue weighted by molar-refractivity contribution is 5.14. The largest absolute Gasteiger partial charge is 0.377 e. The Morgan fingerprint density at radius 2 is 1.86 bits per heavy atom. The lowest BCUT2D eigenvalue weighted by Crippen LogP contribution is -2.38. The second kappa shape index (κ2) is 7.92. The molecule has 1 aromatic rings. The van der Waals surface area contributed by atoms with Gasteiger partial charge < -0.3 is 10.1 Å². The van der Waals surface area contributed by atoms with Crippen LogP contribution in [0.1, 0.15) is 31.2 Å². The molecule has 116 valence electrons.